The normalized spacial score (nSPS) is 11.0. The smallest absolute Gasteiger partial charge is 0.157 e. The van der Waals surface area contributed by atoms with Crippen molar-refractivity contribution in [1.29, 1.82) is 0 Å². The summed E-state index contributed by atoms with van der Waals surface area (Å²) in [6.07, 6.45) is 1.96. The summed E-state index contributed by atoms with van der Waals surface area (Å²) in [7, 11) is 1.65. The van der Waals surface area contributed by atoms with Crippen molar-refractivity contribution in [3.05, 3.63) is 47.2 Å². The van der Waals surface area contributed by atoms with Gasteiger partial charge in [0.15, 0.2) is 5.65 Å². The van der Waals surface area contributed by atoms with Gasteiger partial charge in [-0.1, -0.05) is 24.9 Å². The molecule has 0 amide bonds. The standard InChI is InChI=1S/C16H16ClN3O/c1-3-4-12-9-15(17)20-16(18-12)10-14(19-20)11-5-7-13(21-2)8-6-11/h5-10H,3-4H2,1-2H3. The molecule has 4 nitrogen and oxygen atoms in total. The second-order valence-electron chi connectivity index (χ2n) is 4.85. The number of benzene rings is 1. The van der Waals surface area contributed by atoms with Crippen LogP contribution in [0.2, 0.25) is 5.15 Å². The molecule has 0 aliphatic heterocycles. The lowest BCUT2D eigenvalue weighted by Gasteiger charge is -2.01. The first-order valence-corrected chi connectivity index (χ1v) is 7.28. The van der Waals surface area contributed by atoms with Gasteiger partial charge in [-0.2, -0.15) is 5.10 Å². The van der Waals surface area contributed by atoms with Crippen molar-refractivity contribution in [1.82, 2.24) is 14.6 Å². The van der Waals surface area contributed by atoms with E-state index in [-0.39, 0.29) is 0 Å². The minimum absolute atomic E-state index is 0.586. The molecule has 0 aliphatic carbocycles. The van der Waals surface area contributed by atoms with E-state index in [1.54, 1.807) is 11.6 Å². The van der Waals surface area contributed by atoms with Gasteiger partial charge in [-0.15, -0.1) is 0 Å². The van der Waals surface area contributed by atoms with E-state index in [0.717, 1.165) is 41.2 Å². The van der Waals surface area contributed by atoms with Crippen molar-refractivity contribution in [3.8, 4) is 17.0 Å². The van der Waals surface area contributed by atoms with E-state index >= 15 is 0 Å². The molecule has 0 N–H and O–H groups in total. The zero-order chi connectivity index (χ0) is 14.8. The van der Waals surface area contributed by atoms with Gasteiger partial charge in [0, 0.05) is 17.3 Å². The average Bonchev–Trinajstić information content (AvgIpc) is 2.92. The maximum absolute atomic E-state index is 6.29. The highest BCUT2D eigenvalue weighted by molar-refractivity contribution is 6.29. The summed E-state index contributed by atoms with van der Waals surface area (Å²) in [5, 5.41) is 5.11. The first kappa shape index (κ1) is 13.9. The molecular weight excluding hydrogens is 286 g/mol. The molecule has 108 valence electrons. The van der Waals surface area contributed by atoms with Gasteiger partial charge in [-0.3, -0.25) is 0 Å². The molecular formula is C16H16ClN3O. The minimum Gasteiger partial charge on any atom is -0.497 e. The van der Waals surface area contributed by atoms with Crippen LogP contribution in [-0.4, -0.2) is 21.7 Å². The van der Waals surface area contributed by atoms with E-state index in [0.29, 0.717) is 5.15 Å². The quantitative estimate of drug-likeness (QED) is 0.684. The summed E-state index contributed by atoms with van der Waals surface area (Å²) in [4.78, 5) is 4.60. The highest BCUT2D eigenvalue weighted by atomic mass is 35.5. The first-order valence-electron chi connectivity index (χ1n) is 6.91. The third kappa shape index (κ3) is 2.72. The Bertz CT molecular complexity index is 765. The van der Waals surface area contributed by atoms with Crippen molar-refractivity contribution in [2.45, 2.75) is 19.8 Å². The van der Waals surface area contributed by atoms with Crippen LogP contribution >= 0.6 is 11.6 Å². The van der Waals surface area contributed by atoms with Crippen LogP contribution in [0.15, 0.2) is 36.4 Å². The van der Waals surface area contributed by atoms with Crippen LogP contribution < -0.4 is 4.74 Å². The molecule has 0 radical (unpaired) electrons. The van der Waals surface area contributed by atoms with Gasteiger partial charge >= 0.3 is 0 Å². The van der Waals surface area contributed by atoms with E-state index in [2.05, 4.69) is 17.0 Å². The fourth-order valence-electron chi connectivity index (χ4n) is 2.27. The predicted octanol–water partition coefficient (Wildman–Crippen LogP) is 4.01. The summed E-state index contributed by atoms with van der Waals surface area (Å²) >= 11 is 6.29. The summed E-state index contributed by atoms with van der Waals surface area (Å²) in [5.74, 6) is 0.823. The monoisotopic (exact) mass is 301 g/mol. The molecule has 21 heavy (non-hydrogen) atoms. The Morgan fingerprint density at radius 2 is 1.95 bits per heavy atom. The number of rotatable bonds is 4. The van der Waals surface area contributed by atoms with Crippen LogP contribution in [0.4, 0.5) is 0 Å². The molecule has 1 aromatic carbocycles. The van der Waals surface area contributed by atoms with Crippen LogP contribution in [0.1, 0.15) is 19.0 Å². The largest absolute Gasteiger partial charge is 0.497 e. The molecule has 0 aliphatic rings. The average molecular weight is 302 g/mol. The highest BCUT2D eigenvalue weighted by Gasteiger charge is 2.09. The van der Waals surface area contributed by atoms with E-state index in [9.17, 15) is 0 Å². The highest BCUT2D eigenvalue weighted by Crippen LogP contribution is 2.24. The van der Waals surface area contributed by atoms with E-state index in [1.807, 2.05) is 36.4 Å². The fourth-order valence-corrected chi connectivity index (χ4v) is 2.52. The Labute approximate surface area is 128 Å². The summed E-state index contributed by atoms with van der Waals surface area (Å²) < 4.78 is 6.83. The van der Waals surface area contributed by atoms with Crippen LogP contribution in [0, 0.1) is 0 Å². The molecule has 3 rings (SSSR count). The van der Waals surface area contributed by atoms with Crippen LogP contribution in [-0.2, 0) is 6.42 Å². The maximum atomic E-state index is 6.29. The number of hydrogen-bond donors (Lipinski definition) is 0. The van der Waals surface area contributed by atoms with Gasteiger partial charge in [0.2, 0.25) is 0 Å². The van der Waals surface area contributed by atoms with Crippen molar-refractivity contribution in [3.63, 3.8) is 0 Å². The second-order valence-corrected chi connectivity index (χ2v) is 5.24. The second kappa shape index (κ2) is 5.74. The van der Waals surface area contributed by atoms with Crippen LogP contribution in [0.5, 0.6) is 5.75 Å². The zero-order valence-corrected chi connectivity index (χ0v) is 12.8. The third-order valence-corrected chi connectivity index (χ3v) is 3.60. The van der Waals surface area contributed by atoms with E-state index in [4.69, 9.17) is 16.3 Å². The van der Waals surface area contributed by atoms with Gasteiger partial charge in [0.25, 0.3) is 0 Å². The van der Waals surface area contributed by atoms with Gasteiger partial charge in [0.1, 0.15) is 10.9 Å². The molecule has 0 saturated heterocycles. The number of hydrogen-bond acceptors (Lipinski definition) is 3. The van der Waals surface area contributed by atoms with Crippen LogP contribution in [0.3, 0.4) is 0 Å². The summed E-state index contributed by atoms with van der Waals surface area (Å²) in [6, 6.07) is 11.6. The lowest BCUT2D eigenvalue weighted by Crippen LogP contribution is -1.97. The number of fused-ring (bicyclic) bond motifs is 1. The molecule has 0 bridgehead atoms. The van der Waals surface area contributed by atoms with Gasteiger partial charge in [-0.25, -0.2) is 9.50 Å². The number of nitrogens with zero attached hydrogens (tertiary/aromatic N) is 3. The van der Waals surface area contributed by atoms with Crippen LogP contribution in [0.25, 0.3) is 16.9 Å². The Morgan fingerprint density at radius 3 is 2.62 bits per heavy atom. The van der Waals surface area contributed by atoms with Crippen molar-refractivity contribution in [2.24, 2.45) is 0 Å². The van der Waals surface area contributed by atoms with Crippen molar-refractivity contribution in [2.75, 3.05) is 7.11 Å². The van der Waals surface area contributed by atoms with Crippen molar-refractivity contribution >= 4 is 17.2 Å². The Kier molecular flexibility index (Phi) is 3.80. The van der Waals surface area contributed by atoms with Gasteiger partial charge in [-0.05, 0) is 36.8 Å². The molecule has 0 fully saturated rings. The minimum atomic E-state index is 0.586. The number of aryl methyl sites for hydroxylation is 1. The molecule has 3 aromatic rings. The lowest BCUT2D eigenvalue weighted by atomic mass is 10.1. The zero-order valence-electron chi connectivity index (χ0n) is 12.0. The number of methoxy groups -OCH3 is 1. The predicted molar refractivity (Wildman–Crippen MR) is 84.0 cm³/mol. The number of aromatic nitrogens is 3. The topological polar surface area (TPSA) is 39.4 Å². The third-order valence-electron chi connectivity index (χ3n) is 3.33. The number of ether oxygens (including phenoxy) is 1. The Morgan fingerprint density at radius 1 is 1.19 bits per heavy atom. The SMILES string of the molecule is CCCc1cc(Cl)n2nc(-c3ccc(OC)cc3)cc2n1. The molecule has 2 heterocycles. The Hall–Kier alpha value is -2.07. The first-order chi connectivity index (χ1) is 10.2. The molecule has 5 heteroatoms. The van der Waals surface area contributed by atoms with Crippen molar-refractivity contribution < 1.29 is 4.74 Å². The molecule has 0 atom stereocenters. The van der Waals surface area contributed by atoms with Gasteiger partial charge < -0.3 is 4.74 Å². The number of halogens is 1. The molecule has 0 spiro atoms. The summed E-state index contributed by atoms with van der Waals surface area (Å²) in [6.45, 7) is 2.12. The Balaban J connectivity index is 2.05. The van der Waals surface area contributed by atoms with E-state index < -0.39 is 0 Å². The lowest BCUT2D eigenvalue weighted by molar-refractivity contribution is 0.415. The summed E-state index contributed by atoms with van der Waals surface area (Å²) in [5.41, 5.74) is 3.63. The molecule has 2 aromatic heterocycles. The van der Waals surface area contributed by atoms with E-state index in [1.165, 1.54) is 0 Å². The van der Waals surface area contributed by atoms with Gasteiger partial charge in [0.05, 0.1) is 12.8 Å². The molecule has 0 unspecified atom stereocenters. The molecule has 0 saturated carbocycles. The maximum Gasteiger partial charge on any atom is 0.157 e. The fraction of sp³-hybridized carbons (Fsp3) is 0.250.